The van der Waals surface area contributed by atoms with E-state index in [9.17, 15) is 4.79 Å². The molecule has 0 aliphatic heterocycles. The highest BCUT2D eigenvalue weighted by atomic mass is 16.5. The molecule has 0 bridgehead atoms. The first-order valence-electron chi connectivity index (χ1n) is 9.12. The lowest BCUT2D eigenvalue weighted by molar-refractivity contribution is -0.117. The van der Waals surface area contributed by atoms with Gasteiger partial charge in [0, 0.05) is 30.0 Å². The molecule has 0 aliphatic rings. The number of rotatable bonds is 7. The van der Waals surface area contributed by atoms with Crippen molar-refractivity contribution < 1.29 is 9.53 Å². The van der Waals surface area contributed by atoms with Gasteiger partial charge in [-0.3, -0.25) is 9.78 Å². The van der Waals surface area contributed by atoms with Crippen molar-refractivity contribution in [1.29, 1.82) is 0 Å². The van der Waals surface area contributed by atoms with Crippen LogP contribution in [0.3, 0.4) is 0 Å². The number of carbonyl (C=O) groups excluding carboxylic acids is 1. The van der Waals surface area contributed by atoms with Gasteiger partial charge < -0.3 is 15.8 Å². The van der Waals surface area contributed by atoms with E-state index in [1.54, 1.807) is 12.4 Å². The fourth-order valence-corrected chi connectivity index (χ4v) is 2.95. The monoisotopic (exact) mass is 363 g/mol. The molecule has 1 amide bonds. The van der Waals surface area contributed by atoms with Gasteiger partial charge in [-0.25, -0.2) is 0 Å². The van der Waals surface area contributed by atoms with Crippen molar-refractivity contribution in [2.75, 3.05) is 11.9 Å². The maximum atomic E-state index is 12.8. The van der Waals surface area contributed by atoms with Crippen LogP contribution in [0.25, 0.3) is 10.8 Å². The van der Waals surface area contributed by atoms with E-state index >= 15 is 0 Å². The van der Waals surface area contributed by atoms with Crippen molar-refractivity contribution in [3.8, 4) is 0 Å². The fraction of sp³-hybridized carbons (Fsp3) is 0.273. The quantitative estimate of drug-likeness (QED) is 0.669. The summed E-state index contributed by atoms with van der Waals surface area (Å²) < 4.78 is 5.66. The Kier molecular flexibility index (Phi) is 6.16. The Balaban J connectivity index is 1.76. The van der Waals surface area contributed by atoms with Crippen molar-refractivity contribution in [3.63, 3.8) is 0 Å². The molecule has 5 heteroatoms. The third-order valence-corrected chi connectivity index (χ3v) is 4.40. The maximum Gasteiger partial charge on any atom is 0.233 e. The number of amides is 1. The number of pyridine rings is 1. The van der Waals surface area contributed by atoms with Crippen LogP contribution in [0.15, 0.2) is 60.9 Å². The van der Waals surface area contributed by atoms with Gasteiger partial charge in [0.15, 0.2) is 0 Å². The Labute approximate surface area is 159 Å². The Morgan fingerprint density at radius 2 is 2.00 bits per heavy atom. The predicted molar refractivity (Wildman–Crippen MR) is 109 cm³/mol. The zero-order valence-corrected chi connectivity index (χ0v) is 15.7. The van der Waals surface area contributed by atoms with Gasteiger partial charge in [-0.15, -0.1) is 0 Å². The van der Waals surface area contributed by atoms with E-state index in [0.717, 1.165) is 27.6 Å². The van der Waals surface area contributed by atoms with Crippen molar-refractivity contribution >= 4 is 22.4 Å². The summed E-state index contributed by atoms with van der Waals surface area (Å²) in [5, 5.41) is 5.04. The second-order valence-electron chi connectivity index (χ2n) is 6.82. The SMILES string of the molecule is CC(C)OCc1cccc(C(CN)C(=O)Nc2ccc3cnccc3c2)c1. The first kappa shape index (κ1) is 19.0. The molecule has 1 atom stereocenters. The number of nitrogens with one attached hydrogen (secondary N) is 1. The van der Waals surface area contributed by atoms with Crippen LogP contribution in [-0.2, 0) is 16.1 Å². The molecule has 0 saturated heterocycles. The zero-order chi connectivity index (χ0) is 19.2. The number of benzene rings is 2. The normalized spacial score (nSPS) is 12.3. The van der Waals surface area contributed by atoms with E-state index in [2.05, 4.69) is 10.3 Å². The van der Waals surface area contributed by atoms with E-state index in [4.69, 9.17) is 10.5 Å². The van der Waals surface area contributed by atoms with Crippen molar-refractivity contribution in [1.82, 2.24) is 4.98 Å². The Bertz CT molecular complexity index is 924. The van der Waals surface area contributed by atoms with Crippen LogP contribution in [0, 0.1) is 0 Å². The van der Waals surface area contributed by atoms with Crippen LogP contribution in [0.4, 0.5) is 5.69 Å². The van der Waals surface area contributed by atoms with Crippen LogP contribution >= 0.6 is 0 Å². The molecule has 1 aromatic heterocycles. The highest BCUT2D eigenvalue weighted by Gasteiger charge is 2.19. The molecule has 0 radical (unpaired) electrons. The van der Waals surface area contributed by atoms with Gasteiger partial charge in [0.25, 0.3) is 0 Å². The summed E-state index contributed by atoms with van der Waals surface area (Å²) in [7, 11) is 0. The Hall–Kier alpha value is -2.76. The largest absolute Gasteiger partial charge is 0.374 e. The lowest BCUT2D eigenvalue weighted by Crippen LogP contribution is -2.27. The molecular weight excluding hydrogens is 338 g/mol. The number of anilines is 1. The number of nitrogens with two attached hydrogens (primary N) is 1. The summed E-state index contributed by atoms with van der Waals surface area (Å²) in [4.78, 5) is 16.9. The lowest BCUT2D eigenvalue weighted by Gasteiger charge is -2.17. The Morgan fingerprint density at radius 3 is 2.78 bits per heavy atom. The standard InChI is InChI=1S/C22H25N3O2/c1-15(2)27-14-16-4-3-5-18(10-16)21(12-23)22(26)25-20-7-6-19-13-24-9-8-17(19)11-20/h3-11,13,15,21H,12,14,23H2,1-2H3,(H,25,26). The minimum absolute atomic E-state index is 0.118. The molecule has 2 aromatic carbocycles. The van der Waals surface area contributed by atoms with Crippen LogP contribution in [0.1, 0.15) is 30.9 Å². The van der Waals surface area contributed by atoms with Gasteiger partial charge in [0.05, 0.1) is 18.6 Å². The van der Waals surface area contributed by atoms with Crippen LogP contribution in [0.5, 0.6) is 0 Å². The number of ether oxygens (including phenoxy) is 1. The third-order valence-electron chi connectivity index (χ3n) is 4.40. The van der Waals surface area contributed by atoms with Crippen LogP contribution < -0.4 is 11.1 Å². The van der Waals surface area contributed by atoms with E-state index in [1.165, 1.54) is 0 Å². The fourth-order valence-electron chi connectivity index (χ4n) is 2.95. The molecule has 27 heavy (non-hydrogen) atoms. The summed E-state index contributed by atoms with van der Waals surface area (Å²) in [6, 6.07) is 15.5. The number of aromatic nitrogens is 1. The third kappa shape index (κ3) is 4.90. The molecule has 3 rings (SSSR count). The first-order valence-corrected chi connectivity index (χ1v) is 9.12. The second kappa shape index (κ2) is 8.75. The summed E-state index contributed by atoms with van der Waals surface area (Å²) in [6.07, 6.45) is 3.70. The number of carbonyl (C=O) groups is 1. The molecule has 0 aliphatic carbocycles. The summed E-state index contributed by atoms with van der Waals surface area (Å²) >= 11 is 0. The molecule has 0 spiro atoms. The molecule has 0 saturated carbocycles. The van der Waals surface area contributed by atoms with E-state index in [0.29, 0.717) is 6.61 Å². The summed E-state index contributed by atoms with van der Waals surface area (Å²) in [5.74, 6) is -0.537. The van der Waals surface area contributed by atoms with E-state index in [1.807, 2.05) is 62.4 Å². The average Bonchev–Trinajstić information content (AvgIpc) is 2.67. The Morgan fingerprint density at radius 1 is 1.15 bits per heavy atom. The molecule has 0 fully saturated rings. The van der Waals surface area contributed by atoms with Gasteiger partial charge in [0.2, 0.25) is 5.91 Å². The number of nitrogens with zero attached hydrogens (tertiary/aromatic N) is 1. The molecular formula is C22H25N3O2. The first-order chi connectivity index (χ1) is 13.1. The molecule has 3 aromatic rings. The molecule has 1 unspecified atom stereocenters. The molecule has 1 heterocycles. The maximum absolute atomic E-state index is 12.8. The van der Waals surface area contributed by atoms with Crippen molar-refractivity contribution in [2.24, 2.45) is 5.73 Å². The molecule has 5 nitrogen and oxygen atoms in total. The number of hydrogen-bond acceptors (Lipinski definition) is 4. The highest BCUT2D eigenvalue weighted by molar-refractivity contribution is 5.98. The van der Waals surface area contributed by atoms with Gasteiger partial charge in [-0.2, -0.15) is 0 Å². The van der Waals surface area contributed by atoms with Crippen LogP contribution in [-0.4, -0.2) is 23.5 Å². The minimum atomic E-state index is -0.419. The number of fused-ring (bicyclic) bond motifs is 1. The van der Waals surface area contributed by atoms with Gasteiger partial charge >= 0.3 is 0 Å². The predicted octanol–water partition coefficient (Wildman–Crippen LogP) is 3.84. The lowest BCUT2D eigenvalue weighted by atomic mass is 9.96. The zero-order valence-electron chi connectivity index (χ0n) is 15.7. The van der Waals surface area contributed by atoms with Gasteiger partial charge in [-0.1, -0.05) is 30.3 Å². The smallest absolute Gasteiger partial charge is 0.233 e. The van der Waals surface area contributed by atoms with Crippen LogP contribution in [0.2, 0.25) is 0 Å². The second-order valence-corrected chi connectivity index (χ2v) is 6.82. The summed E-state index contributed by atoms with van der Waals surface area (Å²) in [5.41, 5.74) is 8.59. The average molecular weight is 363 g/mol. The van der Waals surface area contributed by atoms with Crippen molar-refractivity contribution in [3.05, 3.63) is 72.1 Å². The minimum Gasteiger partial charge on any atom is -0.374 e. The van der Waals surface area contributed by atoms with Gasteiger partial charge in [0.1, 0.15) is 0 Å². The molecule has 3 N–H and O–H groups in total. The molecule has 140 valence electrons. The summed E-state index contributed by atoms with van der Waals surface area (Å²) in [6.45, 7) is 4.75. The van der Waals surface area contributed by atoms with Crippen molar-refractivity contribution in [2.45, 2.75) is 32.5 Å². The number of hydrogen-bond donors (Lipinski definition) is 2. The van der Waals surface area contributed by atoms with E-state index < -0.39 is 5.92 Å². The topological polar surface area (TPSA) is 77.2 Å². The van der Waals surface area contributed by atoms with Gasteiger partial charge in [-0.05, 0) is 48.6 Å². The van der Waals surface area contributed by atoms with E-state index in [-0.39, 0.29) is 18.6 Å². The highest BCUT2D eigenvalue weighted by Crippen LogP contribution is 2.22.